The number of methoxy groups -OCH3 is 1. The third-order valence-corrected chi connectivity index (χ3v) is 3.54. The molecule has 3 aromatic rings. The molecule has 1 heterocycles. The Balaban J connectivity index is 1.79. The molecular weight excluding hydrogens is 290 g/mol. The van der Waals surface area contributed by atoms with Gasteiger partial charge in [-0.05, 0) is 24.3 Å². The van der Waals surface area contributed by atoms with Crippen molar-refractivity contribution in [1.82, 2.24) is 9.78 Å². The van der Waals surface area contributed by atoms with Crippen molar-refractivity contribution in [1.29, 1.82) is 0 Å². The van der Waals surface area contributed by atoms with Crippen LogP contribution in [0.3, 0.4) is 0 Å². The van der Waals surface area contributed by atoms with Crippen molar-refractivity contribution in [2.75, 3.05) is 12.4 Å². The summed E-state index contributed by atoms with van der Waals surface area (Å²) in [6.07, 6.45) is 0. The number of anilines is 1. The fraction of sp³-hybridized carbons (Fsp3) is 0.111. The predicted molar refractivity (Wildman–Crippen MR) is 89.6 cm³/mol. The third kappa shape index (κ3) is 3.23. The van der Waals surface area contributed by atoms with Crippen LogP contribution >= 0.6 is 0 Å². The van der Waals surface area contributed by atoms with E-state index in [1.54, 1.807) is 43.1 Å². The molecule has 0 bridgehead atoms. The first-order chi connectivity index (χ1) is 11.2. The van der Waals surface area contributed by atoms with Crippen molar-refractivity contribution in [2.24, 2.45) is 7.05 Å². The van der Waals surface area contributed by atoms with Gasteiger partial charge < -0.3 is 10.1 Å². The normalized spacial score (nSPS) is 10.3. The van der Waals surface area contributed by atoms with Crippen LogP contribution in [-0.2, 0) is 7.05 Å². The number of amides is 1. The maximum absolute atomic E-state index is 12.3. The average Bonchev–Trinajstić information content (AvgIpc) is 2.96. The fourth-order valence-corrected chi connectivity index (χ4v) is 2.27. The van der Waals surface area contributed by atoms with Crippen molar-refractivity contribution in [2.45, 2.75) is 0 Å². The first kappa shape index (κ1) is 14.8. The Morgan fingerprint density at radius 3 is 2.43 bits per heavy atom. The highest BCUT2D eigenvalue weighted by Gasteiger charge is 2.11. The molecule has 0 fully saturated rings. The molecule has 0 aliphatic heterocycles. The smallest absolute Gasteiger partial charge is 0.256 e. The topological polar surface area (TPSA) is 56.1 Å². The summed E-state index contributed by atoms with van der Waals surface area (Å²) < 4.78 is 6.75. The summed E-state index contributed by atoms with van der Waals surface area (Å²) in [5, 5.41) is 7.31. The number of hydrogen-bond acceptors (Lipinski definition) is 3. The Morgan fingerprint density at radius 1 is 1.09 bits per heavy atom. The zero-order valence-electron chi connectivity index (χ0n) is 13.0. The van der Waals surface area contributed by atoms with Crippen LogP contribution in [-0.4, -0.2) is 22.8 Å². The molecule has 3 rings (SSSR count). The number of hydrogen-bond donors (Lipinski definition) is 1. The van der Waals surface area contributed by atoms with Crippen LogP contribution in [0.25, 0.3) is 11.3 Å². The average molecular weight is 307 g/mol. The Kier molecular flexibility index (Phi) is 4.10. The Labute approximate surface area is 134 Å². The predicted octanol–water partition coefficient (Wildman–Crippen LogP) is 3.35. The molecule has 116 valence electrons. The second kappa shape index (κ2) is 6.36. The number of aromatic nitrogens is 2. The van der Waals surface area contributed by atoms with Crippen LogP contribution in [0, 0.1) is 0 Å². The van der Waals surface area contributed by atoms with Crippen molar-refractivity contribution in [3.05, 3.63) is 66.2 Å². The third-order valence-electron chi connectivity index (χ3n) is 3.54. The summed E-state index contributed by atoms with van der Waals surface area (Å²) in [5.74, 6) is 1.17. The Morgan fingerprint density at radius 2 is 1.78 bits per heavy atom. The molecule has 0 saturated carbocycles. The lowest BCUT2D eigenvalue weighted by Gasteiger charge is -2.05. The summed E-state index contributed by atoms with van der Waals surface area (Å²) >= 11 is 0. The summed E-state index contributed by atoms with van der Waals surface area (Å²) in [7, 11) is 3.39. The number of carbonyl (C=O) groups excluding carboxylic acids is 1. The number of nitrogens with one attached hydrogen (secondary N) is 1. The maximum Gasteiger partial charge on any atom is 0.256 e. The lowest BCUT2D eigenvalue weighted by atomic mass is 10.1. The summed E-state index contributed by atoms with van der Waals surface area (Å²) in [4.78, 5) is 12.3. The molecule has 0 radical (unpaired) electrons. The van der Waals surface area contributed by atoms with Crippen LogP contribution in [0.4, 0.5) is 5.82 Å². The first-order valence-electron chi connectivity index (χ1n) is 7.22. The molecule has 2 aromatic carbocycles. The molecule has 0 spiro atoms. The zero-order chi connectivity index (χ0) is 16.2. The van der Waals surface area contributed by atoms with Gasteiger partial charge in [0.1, 0.15) is 11.6 Å². The molecule has 5 nitrogen and oxygen atoms in total. The molecule has 0 aliphatic carbocycles. The van der Waals surface area contributed by atoms with E-state index < -0.39 is 0 Å². The first-order valence-corrected chi connectivity index (χ1v) is 7.22. The van der Waals surface area contributed by atoms with E-state index in [4.69, 9.17) is 4.74 Å². The van der Waals surface area contributed by atoms with E-state index in [0.717, 1.165) is 11.3 Å². The number of ether oxygens (including phenoxy) is 1. The molecule has 5 heteroatoms. The van der Waals surface area contributed by atoms with Gasteiger partial charge in [-0.3, -0.25) is 9.48 Å². The summed E-state index contributed by atoms with van der Waals surface area (Å²) in [6.45, 7) is 0. The van der Waals surface area contributed by atoms with Crippen molar-refractivity contribution < 1.29 is 9.53 Å². The molecular formula is C18H17N3O2. The molecule has 0 unspecified atom stereocenters. The largest absolute Gasteiger partial charge is 0.497 e. The molecule has 23 heavy (non-hydrogen) atoms. The summed E-state index contributed by atoms with van der Waals surface area (Å²) in [5.41, 5.74) is 2.39. The Bertz CT molecular complexity index is 808. The minimum Gasteiger partial charge on any atom is -0.497 e. The monoisotopic (exact) mass is 307 g/mol. The highest BCUT2D eigenvalue weighted by Crippen LogP contribution is 2.21. The second-order valence-corrected chi connectivity index (χ2v) is 5.09. The maximum atomic E-state index is 12.3. The van der Waals surface area contributed by atoms with Crippen LogP contribution in [0.1, 0.15) is 10.4 Å². The van der Waals surface area contributed by atoms with Crippen LogP contribution in [0.5, 0.6) is 5.75 Å². The molecule has 1 amide bonds. The van der Waals surface area contributed by atoms with E-state index in [-0.39, 0.29) is 5.91 Å². The number of aryl methyl sites for hydroxylation is 1. The van der Waals surface area contributed by atoms with Gasteiger partial charge in [0.05, 0.1) is 12.8 Å². The van der Waals surface area contributed by atoms with E-state index in [1.807, 2.05) is 36.4 Å². The number of rotatable bonds is 4. The van der Waals surface area contributed by atoms with Gasteiger partial charge in [-0.25, -0.2) is 0 Å². The van der Waals surface area contributed by atoms with Crippen LogP contribution < -0.4 is 10.1 Å². The number of nitrogens with zero attached hydrogens (tertiary/aromatic N) is 2. The zero-order valence-corrected chi connectivity index (χ0v) is 13.0. The quantitative estimate of drug-likeness (QED) is 0.804. The SMILES string of the molecule is COc1ccc(C(=O)Nc2cc(-c3ccccc3)nn2C)cc1. The van der Waals surface area contributed by atoms with Gasteiger partial charge in [-0.2, -0.15) is 5.10 Å². The van der Waals surface area contributed by atoms with Gasteiger partial charge in [0.2, 0.25) is 0 Å². The molecule has 0 aliphatic rings. The minimum absolute atomic E-state index is 0.185. The molecule has 1 aromatic heterocycles. The number of benzene rings is 2. The van der Waals surface area contributed by atoms with E-state index in [0.29, 0.717) is 17.1 Å². The Hall–Kier alpha value is -3.08. The lowest BCUT2D eigenvalue weighted by molar-refractivity contribution is 0.102. The van der Waals surface area contributed by atoms with Crippen LogP contribution in [0.2, 0.25) is 0 Å². The van der Waals surface area contributed by atoms with Crippen LogP contribution in [0.15, 0.2) is 60.7 Å². The number of carbonyl (C=O) groups is 1. The van der Waals surface area contributed by atoms with Gasteiger partial charge >= 0.3 is 0 Å². The molecule has 1 N–H and O–H groups in total. The second-order valence-electron chi connectivity index (χ2n) is 5.09. The van der Waals surface area contributed by atoms with E-state index in [9.17, 15) is 4.79 Å². The molecule has 0 atom stereocenters. The minimum atomic E-state index is -0.185. The van der Waals surface area contributed by atoms with E-state index in [2.05, 4.69) is 10.4 Å². The molecule has 0 saturated heterocycles. The summed E-state index contributed by atoms with van der Waals surface area (Å²) in [6, 6.07) is 18.7. The van der Waals surface area contributed by atoms with Crippen molar-refractivity contribution in [3.63, 3.8) is 0 Å². The van der Waals surface area contributed by atoms with Crippen molar-refractivity contribution in [3.8, 4) is 17.0 Å². The fourth-order valence-electron chi connectivity index (χ4n) is 2.27. The van der Waals surface area contributed by atoms with Gasteiger partial charge in [0, 0.05) is 24.2 Å². The van der Waals surface area contributed by atoms with E-state index in [1.165, 1.54) is 0 Å². The van der Waals surface area contributed by atoms with Crippen molar-refractivity contribution >= 4 is 11.7 Å². The van der Waals surface area contributed by atoms with Gasteiger partial charge in [-0.15, -0.1) is 0 Å². The highest BCUT2D eigenvalue weighted by molar-refractivity contribution is 6.04. The van der Waals surface area contributed by atoms with Gasteiger partial charge in [0.15, 0.2) is 0 Å². The lowest BCUT2D eigenvalue weighted by Crippen LogP contribution is -2.14. The van der Waals surface area contributed by atoms with Gasteiger partial charge in [0.25, 0.3) is 5.91 Å². The highest BCUT2D eigenvalue weighted by atomic mass is 16.5. The van der Waals surface area contributed by atoms with Gasteiger partial charge in [-0.1, -0.05) is 30.3 Å². The standard InChI is InChI=1S/C18H17N3O2/c1-21-17(12-16(20-21)13-6-4-3-5-7-13)19-18(22)14-8-10-15(23-2)11-9-14/h3-12H,1-2H3,(H,19,22). The van der Waals surface area contributed by atoms with E-state index >= 15 is 0 Å².